The van der Waals surface area contributed by atoms with E-state index in [2.05, 4.69) is 31.6 Å². The number of aliphatic hydroxyl groups excluding tert-OH is 1. The number of pyridine rings is 1. The maximum atomic E-state index is 9.63. The van der Waals surface area contributed by atoms with Gasteiger partial charge in [0.15, 0.2) is 11.5 Å². The van der Waals surface area contributed by atoms with E-state index >= 15 is 0 Å². The van der Waals surface area contributed by atoms with Crippen molar-refractivity contribution in [3.63, 3.8) is 0 Å². The zero-order chi connectivity index (χ0) is 16.9. The Bertz CT molecular complexity index is 807. The second-order valence-corrected chi connectivity index (χ2v) is 6.43. The third-order valence-corrected chi connectivity index (χ3v) is 4.41. The summed E-state index contributed by atoms with van der Waals surface area (Å²) in [5.41, 5.74) is 1.64. The number of aromatic nitrogens is 5. The molecule has 1 atom stereocenters. The number of nitrogens with zero attached hydrogens (tertiary/aromatic N) is 5. The van der Waals surface area contributed by atoms with Gasteiger partial charge < -0.3 is 10.4 Å². The van der Waals surface area contributed by atoms with Crippen molar-refractivity contribution in [2.45, 2.75) is 12.5 Å². The summed E-state index contributed by atoms with van der Waals surface area (Å²) in [6.07, 6.45) is 8.09. The standard InChI is InChI=1S/C16H20N6OS/c1-22-16-13(9-18-22)15(19-12(10-23)5-8-24-2)20-14(21-16)11-3-6-17-7-4-11/h3-4,6-7,9,12,23H,5,8,10H2,1-2H3,(H,19,20,21)/t12-/m0/s1. The van der Waals surface area contributed by atoms with E-state index in [4.69, 9.17) is 0 Å². The predicted molar refractivity (Wildman–Crippen MR) is 97.0 cm³/mol. The fourth-order valence-corrected chi connectivity index (χ4v) is 2.95. The van der Waals surface area contributed by atoms with Gasteiger partial charge in [0.05, 0.1) is 24.2 Å². The van der Waals surface area contributed by atoms with Crippen molar-refractivity contribution in [3.8, 4) is 11.4 Å². The highest BCUT2D eigenvalue weighted by atomic mass is 32.2. The predicted octanol–water partition coefficient (Wildman–Crippen LogP) is 1.95. The summed E-state index contributed by atoms with van der Waals surface area (Å²) in [5.74, 6) is 2.27. The molecule has 0 bridgehead atoms. The molecule has 7 nitrogen and oxygen atoms in total. The summed E-state index contributed by atoms with van der Waals surface area (Å²) in [6.45, 7) is 0.0525. The molecule has 0 aliphatic carbocycles. The summed E-state index contributed by atoms with van der Waals surface area (Å²) in [7, 11) is 1.85. The Morgan fingerprint density at radius 2 is 2.08 bits per heavy atom. The maximum Gasteiger partial charge on any atom is 0.164 e. The molecule has 0 saturated heterocycles. The third kappa shape index (κ3) is 3.49. The fraction of sp³-hybridized carbons (Fsp3) is 0.375. The molecule has 3 rings (SSSR count). The van der Waals surface area contributed by atoms with Crippen LogP contribution in [0.1, 0.15) is 6.42 Å². The highest BCUT2D eigenvalue weighted by Crippen LogP contribution is 2.25. The Morgan fingerprint density at radius 1 is 1.29 bits per heavy atom. The molecule has 0 saturated carbocycles. The molecule has 126 valence electrons. The Labute approximate surface area is 144 Å². The van der Waals surface area contributed by atoms with Crippen molar-refractivity contribution in [3.05, 3.63) is 30.7 Å². The van der Waals surface area contributed by atoms with Crippen molar-refractivity contribution >= 4 is 28.6 Å². The average Bonchev–Trinajstić information content (AvgIpc) is 3.00. The molecule has 0 aromatic carbocycles. The third-order valence-electron chi connectivity index (χ3n) is 3.76. The molecule has 24 heavy (non-hydrogen) atoms. The first-order chi connectivity index (χ1) is 11.7. The molecular formula is C16H20N6OS. The van der Waals surface area contributed by atoms with Crippen molar-refractivity contribution < 1.29 is 5.11 Å². The summed E-state index contributed by atoms with van der Waals surface area (Å²) in [4.78, 5) is 13.3. The van der Waals surface area contributed by atoms with E-state index in [1.807, 2.05) is 19.2 Å². The van der Waals surface area contributed by atoms with Crippen LogP contribution >= 0.6 is 11.8 Å². The Kier molecular flexibility index (Phi) is 5.27. The minimum atomic E-state index is -0.0546. The van der Waals surface area contributed by atoms with Gasteiger partial charge >= 0.3 is 0 Å². The molecule has 0 aliphatic rings. The van der Waals surface area contributed by atoms with Gasteiger partial charge in [0.25, 0.3) is 0 Å². The fourth-order valence-electron chi connectivity index (χ4n) is 2.42. The molecule has 3 heterocycles. The van der Waals surface area contributed by atoms with Gasteiger partial charge in [0.1, 0.15) is 5.82 Å². The van der Waals surface area contributed by atoms with Crippen molar-refractivity contribution in [2.75, 3.05) is 23.9 Å². The van der Waals surface area contributed by atoms with E-state index in [9.17, 15) is 5.11 Å². The van der Waals surface area contributed by atoms with E-state index < -0.39 is 0 Å². The number of aliphatic hydroxyl groups is 1. The molecule has 8 heteroatoms. The number of nitrogens with one attached hydrogen (secondary N) is 1. The average molecular weight is 344 g/mol. The van der Waals surface area contributed by atoms with Crippen LogP contribution in [0.5, 0.6) is 0 Å². The lowest BCUT2D eigenvalue weighted by Gasteiger charge is -2.17. The van der Waals surface area contributed by atoms with Crippen molar-refractivity contribution in [2.24, 2.45) is 7.05 Å². The van der Waals surface area contributed by atoms with Gasteiger partial charge in [-0.3, -0.25) is 9.67 Å². The molecule has 3 aromatic rings. The SMILES string of the molecule is CSCC[C@@H](CO)Nc1nc(-c2ccncc2)nc2c1cnn2C. The summed E-state index contributed by atoms with van der Waals surface area (Å²) >= 11 is 1.76. The number of thioether (sulfide) groups is 1. The first-order valence-electron chi connectivity index (χ1n) is 7.69. The topological polar surface area (TPSA) is 88.8 Å². The number of fused-ring (bicyclic) bond motifs is 1. The number of hydrogen-bond donors (Lipinski definition) is 2. The van der Waals surface area contributed by atoms with Gasteiger partial charge in [0.2, 0.25) is 0 Å². The molecule has 0 radical (unpaired) electrons. The van der Waals surface area contributed by atoms with E-state index in [0.29, 0.717) is 11.6 Å². The van der Waals surface area contributed by atoms with Crippen LogP contribution in [0.3, 0.4) is 0 Å². The molecule has 2 N–H and O–H groups in total. The van der Waals surface area contributed by atoms with Crippen LogP contribution < -0.4 is 5.32 Å². The zero-order valence-electron chi connectivity index (χ0n) is 13.7. The number of anilines is 1. The van der Waals surface area contributed by atoms with Crippen LogP contribution in [0.4, 0.5) is 5.82 Å². The highest BCUT2D eigenvalue weighted by Gasteiger charge is 2.16. The minimum Gasteiger partial charge on any atom is -0.394 e. The smallest absolute Gasteiger partial charge is 0.164 e. The van der Waals surface area contributed by atoms with Crippen LogP contribution in [-0.4, -0.2) is 54.5 Å². The first kappa shape index (κ1) is 16.7. The van der Waals surface area contributed by atoms with E-state index in [1.165, 1.54) is 0 Å². The summed E-state index contributed by atoms with van der Waals surface area (Å²) in [5, 5.41) is 18.1. The Morgan fingerprint density at radius 3 is 2.79 bits per heavy atom. The van der Waals surface area contributed by atoms with Gasteiger partial charge in [-0.25, -0.2) is 9.97 Å². The van der Waals surface area contributed by atoms with Crippen LogP contribution in [0.25, 0.3) is 22.4 Å². The monoisotopic (exact) mass is 344 g/mol. The Hall–Kier alpha value is -2.19. The lowest BCUT2D eigenvalue weighted by Crippen LogP contribution is -2.25. The molecule has 3 aromatic heterocycles. The lowest BCUT2D eigenvalue weighted by atomic mass is 10.2. The normalized spacial score (nSPS) is 12.5. The van der Waals surface area contributed by atoms with Gasteiger partial charge in [-0.05, 0) is 30.6 Å². The summed E-state index contributed by atoms with van der Waals surface area (Å²) < 4.78 is 1.72. The van der Waals surface area contributed by atoms with Gasteiger partial charge in [-0.1, -0.05) is 0 Å². The zero-order valence-corrected chi connectivity index (χ0v) is 14.5. The first-order valence-corrected chi connectivity index (χ1v) is 9.08. The van der Waals surface area contributed by atoms with Crippen molar-refractivity contribution in [1.82, 2.24) is 24.7 Å². The molecule has 0 spiro atoms. The highest BCUT2D eigenvalue weighted by molar-refractivity contribution is 7.98. The molecular weight excluding hydrogens is 324 g/mol. The second kappa shape index (κ2) is 7.59. The van der Waals surface area contributed by atoms with Gasteiger partial charge in [0, 0.05) is 25.0 Å². The second-order valence-electron chi connectivity index (χ2n) is 5.44. The van der Waals surface area contributed by atoms with Crippen LogP contribution in [0.15, 0.2) is 30.7 Å². The van der Waals surface area contributed by atoms with Crippen LogP contribution in [-0.2, 0) is 7.05 Å². The van der Waals surface area contributed by atoms with E-state index in [0.717, 1.165) is 28.8 Å². The van der Waals surface area contributed by atoms with Gasteiger partial charge in [-0.2, -0.15) is 16.9 Å². The molecule has 0 aliphatic heterocycles. The van der Waals surface area contributed by atoms with Crippen LogP contribution in [0, 0.1) is 0 Å². The largest absolute Gasteiger partial charge is 0.394 e. The van der Waals surface area contributed by atoms with E-state index in [1.54, 1.807) is 35.0 Å². The maximum absolute atomic E-state index is 9.63. The summed E-state index contributed by atoms with van der Waals surface area (Å²) in [6, 6.07) is 3.69. The molecule has 0 fully saturated rings. The van der Waals surface area contributed by atoms with Crippen molar-refractivity contribution in [1.29, 1.82) is 0 Å². The number of rotatable bonds is 7. The quantitative estimate of drug-likeness (QED) is 0.677. The molecule has 0 amide bonds. The number of hydrogen-bond acceptors (Lipinski definition) is 7. The van der Waals surface area contributed by atoms with Gasteiger partial charge in [-0.15, -0.1) is 0 Å². The lowest BCUT2D eigenvalue weighted by molar-refractivity contribution is 0.272. The minimum absolute atomic E-state index is 0.0525. The van der Waals surface area contributed by atoms with E-state index in [-0.39, 0.29) is 12.6 Å². The number of aryl methyl sites for hydroxylation is 1. The molecule has 0 unspecified atom stereocenters. The van der Waals surface area contributed by atoms with Crippen LogP contribution in [0.2, 0.25) is 0 Å². The Balaban J connectivity index is 2.02.